The lowest BCUT2D eigenvalue weighted by Crippen LogP contribution is -1.99. The van der Waals surface area contributed by atoms with Crippen molar-refractivity contribution in [3.63, 3.8) is 0 Å². The molecule has 0 spiro atoms. The standard InChI is InChI=1S/C12H10N4/c13-11-7-12(15-8-14-11)16-6-5-9-3-1-2-4-10(9)16/h1-8H,(H2,13,14,15). The average Bonchev–Trinajstić information content (AvgIpc) is 2.72. The van der Waals surface area contributed by atoms with Gasteiger partial charge in [-0.05, 0) is 17.5 Å². The van der Waals surface area contributed by atoms with Crippen molar-refractivity contribution in [2.75, 3.05) is 5.73 Å². The van der Waals surface area contributed by atoms with E-state index >= 15 is 0 Å². The molecule has 0 atom stereocenters. The molecule has 0 aliphatic carbocycles. The predicted octanol–water partition coefficient (Wildman–Crippen LogP) is 2.00. The fraction of sp³-hybridized carbons (Fsp3) is 0. The van der Waals surface area contributed by atoms with Crippen LogP contribution in [0.2, 0.25) is 0 Å². The number of anilines is 1. The molecule has 3 aromatic rings. The van der Waals surface area contributed by atoms with Crippen LogP contribution in [0.15, 0.2) is 48.9 Å². The van der Waals surface area contributed by atoms with Crippen LogP contribution in [0.1, 0.15) is 0 Å². The number of nitrogens with two attached hydrogens (primary N) is 1. The third-order valence-corrected chi connectivity index (χ3v) is 2.52. The molecule has 2 N–H and O–H groups in total. The largest absolute Gasteiger partial charge is 0.384 e. The third-order valence-electron chi connectivity index (χ3n) is 2.52. The Hall–Kier alpha value is -2.36. The molecule has 0 aliphatic heterocycles. The topological polar surface area (TPSA) is 56.7 Å². The van der Waals surface area contributed by atoms with E-state index in [1.807, 2.05) is 35.0 Å². The number of benzene rings is 1. The first-order chi connectivity index (χ1) is 7.84. The molecule has 2 aromatic heterocycles. The van der Waals surface area contributed by atoms with Crippen LogP contribution in [0.3, 0.4) is 0 Å². The first kappa shape index (κ1) is 8.91. The summed E-state index contributed by atoms with van der Waals surface area (Å²) in [4.78, 5) is 8.09. The van der Waals surface area contributed by atoms with Gasteiger partial charge in [0.2, 0.25) is 0 Å². The highest BCUT2D eigenvalue weighted by Crippen LogP contribution is 2.19. The van der Waals surface area contributed by atoms with Gasteiger partial charge in [0.15, 0.2) is 0 Å². The molecule has 0 aliphatic rings. The van der Waals surface area contributed by atoms with Gasteiger partial charge in [0, 0.05) is 12.3 Å². The minimum absolute atomic E-state index is 0.475. The summed E-state index contributed by atoms with van der Waals surface area (Å²) < 4.78 is 1.99. The van der Waals surface area contributed by atoms with Crippen LogP contribution in [0.5, 0.6) is 0 Å². The summed E-state index contributed by atoms with van der Waals surface area (Å²) in [5, 5.41) is 1.18. The Kier molecular flexibility index (Phi) is 1.86. The molecule has 0 radical (unpaired) electrons. The second-order valence-corrected chi connectivity index (χ2v) is 3.55. The Morgan fingerprint density at radius 2 is 1.94 bits per heavy atom. The van der Waals surface area contributed by atoms with Crippen LogP contribution in [0, 0.1) is 0 Å². The fourth-order valence-electron chi connectivity index (χ4n) is 1.78. The highest BCUT2D eigenvalue weighted by molar-refractivity contribution is 5.81. The Balaban J connectivity index is 2.26. The highest BCUT2D eigenvalue weighted by Gasteiger charge is 2.03. The zero-order valence-corrected chi connectivity index (χ0v) is 8.54. The van der Waals surface area contributed by atoms with E-state index in [2.05, 4.69) is 16.0 Å². The smallest absolute Gasteiger partial charge is 0.142 e. The first-order valence-corrected chi connectivity index (χ1v) is 4.98. The Morgan fingerprint density at radius 3 is 2.81 bits per heavy atom. The molecule has 0 unspecified atom stereocenters. The fourth-order valence-corrected chi connectivity index (χ4v) is 1.78. The van der Waals surface area contributed by atoms with Crippen LogP contribution < -0.4 is 5.73 Å². The van der Waals surface area contributed by atoms with E-state index in [9.17, 15) is 0 Å². The van der Waals surface area contributed by atoms with Gasteiger partial charge in [-0.1, -0.05) is 18.2 Å². The van der Waals surface area contributed by atoms with Crippen LogP contribution in [-0.2, 0) is 0 Å². The van der Waals surface area contributed by atoms with Crippen LogP contribution in [0.4, 0.5) is 5.82 Å². The van der Waals surface area contributed by atoms with Gasteiger partial charge in [-0.25, -0.2) is 9.97 Å². The molecule has 3 rings (SSSR count). The number of rotatable bonds is 1. The number of nitrogen functional groups attached to an aromatic ring is 1. The van der Waals surface area contributed by atoms with Crippen molar-refractivity contribution < 1.29 is 0 Å². The Morgan fingerprint density at radius 1 is 1.06 bits per heavy atom. The lowest BCUT2D eigenvalue weighted by molar-refractivity contribution is 1.01. The quantitative estimate of drug-likeness (QED) is 0.668. The van der Waals surface area contributed by atoms with Gasteiger partial charge >= 0.3 is 0 Å². The molecule has 0 amide bonds. The molecule has 0 saturated heterocycles. The van der Waals surface area contributed by atoms with E-state index in [-0.39, 0.29) is 0 Å². The first-order valence-electron chi connectivity index (χ1n) is 4.98. The predicted molar refractivity (Wildman–Crippen MR) is 63.3 cm³/mol. The van der Waals surface area contributed by atoms with E-state index in [1.54, 1.807) is 6.07 Å². The number of nitrogens with zero attached hydrogens (tertiary/aromatic N) is 3. The van der Waals surface area contributed by atoms with Gasteiger partial charge in [0.25, 0.3) is 0 Å². The molecule has 1 aromatic carbocycles. The van der Waals surface area contributed by atoms with Gasteiger partial charge in [0.05, 0.1) is 5.52 Å². The van der Waals surface area contributed by atoms with Crippen molar-refractivity contribution in [1.29, 1.82) is 0 Å². The zero-order chi connectivity index (χ0) is 11.0. The van der Waals surface area contributed by atoms with Gasteiger partial charge in [-0.15, -0.1) is 0 Å². The lowest BCUT2D eigenvalue weighted by atomic mass is 10.2. The van der Waals surface area contributed by atoms with Crippen molar-refractivity contribution in [3.8, 4) is 5.82 Å². The SMILES string of the molecule is Nc1cc(-n2ccc3ccccc32)ncn1. The molecule has 4 heteroatoms. The minimum Gasteiger partial charge on any atom is -0.384 e. The number of fused-ring (bicyclic) bond motifs is 1. The Bertz CT molecular complexity index is 642. The van der Waals surface area contributed by atoms with Crippen LogP contribution in [0.25, 0.3) is 16.7 Å². The Labute approximate surface area is 92.4 Å². The molecule has 2 heterocycles. The van der Waals surface area contributed by atoms with Gasteiger partial charge in [-0.3, -0.25) is 0 Å². The molecule has 4 nitrogen and oxygen atoms in total. The maximum Gasteiger partial charge on any atom is 0.142 e. The maximum atomic E-state index is 5.64. The minimum atomic E-state index is 0.475. The summed E-state index contributed by atoms with van der Waals surface area (Å²) >= 11 is 0. The molecule has 78 valence electrons. The summed E-state index contributed by atoms with van der Waals surface area (Å²) in [5.74, 6) is 1.26. The van der Waals surface area contributed by atoms with Crippen molar-refractivity contribution in [2.45, 2.75) is 0 Å². The second kappa shape index (κ2) is 3.34. The zero-order valence-electron chi connectivity index (χ0n) is 8.54. The summed E-state index contributed by atoms with van der Waals surface area (Å²) in [7, 11) is 0. The number of para-hydroxylation sites is 1. The van der Waals surface area contributed by atoms with E-state index in [0.717, 1.165) is 11.3 Å². The van der Waals surface area contributed by atoms with Gasteiger partial charge in [-0.2, -0.15) is 0 Å². The van der Waals surface area contributed by atoms with E-state index in [1.165, 1.54) is 11.7 Å². The average molecular weight is 210 g/mol. The van der Waals surface area contributed by atoms with Gasteiger partial charge in [0.1, 0.15) is 18.0 Å². The highest BCUT2D eigenvalue weighted by atomic mass is 15.1. The van der Waals surface area contributed by atoms with Crippen molar-refractivity contribution in [3.05, 3.63) is 48.9 Å². The third kappa shape index (κ3) is 1.32. The van der Waals surface area contributed by atoms with Crippen LogP contribution >= 0.6 is 0 Å². The number of aromatic nitrogens is 3. The summed E-state index contributed by atoms with van der Waals surface area (Å²) in [6.07, 6.45) is 3.45. The van der Waals surface area contributed by atoms with Gasteiger partial charge < -0.3 is 10.3 Å². The second-order valence-electron chi connectivity index (χ2n) is 3.55. The van der Waals surface area contributed by atoms with Crippen molar-refractivity contribution in [1.82, 2.24) is 14.5 Å². The summed E-state index contributed by atoms with van der Waals surface area (Å²) in [5.41, 5.74) is 6.76. The van der Waals surface area contributed by atoms with E-state index in [4.69, 9.17) is 5.73 Å². The lowest BCUT2D eigenvalue weighted by Gasteiger charge is -2.04. The molecule has 0 saturated carbocycles. The molecule has 16 heavy (non-hydrogen) atoms. The molecule has 0 bridgehead atoms. The van der Waals surface area contributed by atoms with E-state index in [0.29, 0.717) is 5.82 Å². The number of hydrogen-bond donors (Lipinski definition) is 1. The molecular formula is C12H10N4. The summed E-state index contributed by atoms with van der Waals surface area (Å²) in [6.45, 7) is 0. The number of hydrogen-bond acceptors (Lipinski definition) is 3. The van der Waals surface area contributed by atoms with E-state index < -0.39 is 0 Å². The maximum absolute atomic E-state index is 5.64. The van der Waals surface area contributed by atoms with Crippen LogP contribution in [-0.4, -0.2) is 14.5 Å². The van der Waals surface area contributed by atoms with Crippen molar-refractivity contribution >= 4 is 16.7 Å². The monoisotopic (exact) mass is 210 g/mol. The van der Waals surface area contributed by atoms with Crippen molar-refractivity contribution in [2.24, 2.45) is 0 Å². The normalized spacial score (nSPS) is 10.8. The summed E-state index contributed by atoms with van der Waals surface area (Å²) in [6, 6.07) is 11.9. The molecular weight excluding hydrogens is 200 g/mol. The molecule has 0 fully saturated rings.